The summed E-state index contributed by atoms with van der Waals surface area (Å²) < 4.78 is 16.3. The smallest absolute Gasteiger partial charge is 0.324 e. The molecule has 0 fully saturated rings. The van der Waals surface area contributed by atoms with Gasteiger partial charge in [0.15, 0.2) is 0 Å². The van der Waals surface area contributed by atoms with Crippen LogP contribution in [0.2, 0.25) is 0 Å². The second-order valence-electron chi connectivity index (χ2n) is 4.00. The average Bonchev–Trinajstić information content (AvgIpc) is 2.40. The van der Waals surface area contributed by atoms with Crippen molar-refractivity contribution in [2.75, 3.05) is 7.11 Å². The third kappa shape index (κ3) is 3.08. The third-order valence-corrected chi connectivity index (χ3v) is 4.07. The quantitative estimate of drug-likeness (QED) is 0.855. The molecule has 0 amide bonds. The first-order chi connectivity index (χ1) is 8.62. The van der Waals surface area contributed by atoms with Crippen molar-refractivity contribution in [3.05, 3.63) is 60.2 Å². The molecule has 0 bridgehead atoms. The summed E-state index contributed by atoms with van der Waals surface area (Å²) in [5.41, 5.74) is 2.81. The molecule has 4 heteroatoms. The van der Waals surface area contributed by atoms with Crippen molar-refractivity contribution in [2.45, 2.75) is 6.16 Å². The highest BCUT2D eigenvalue weighted by molar-refractivity contribution is 7.51. The van der Waals surface area contributed by atoms with Gasteiger partial charge in [-0.05, 0) is 16.7 Å². The molecule has 94 valence electrons. The Morgan fingerprint density at radius 2 is 1.67 bits per heavy atom. The lowest BCUT2D eigenvalue weighted by atomic mass is 10.0. The van der Waals surface area contributed by atoms with Crippen LogP contribution in [0.5, 0.6) is 0 Å². The van der Waals surface area contributed by atoms with Crippen LogP contribution in [0, 0.1) is 0 Å². The summed E-state index contributed by atoms with van der Waals surface area (Å²) in [6.45, 7) is 0. The largest absolute Gasteiger partial charge is 0.332 e. The minimum absolute atomic E-state index is 0.0224. The van der Waals surface area contributed by atoms with Crippen LogP contribution >= 0.6 is 7.60 Å². The fourth-order valence-corrected chi connectivity index (χ4v) is 2.67. The Morgan fingerprint density at radius 1 is 1.06 bits per heavy atom. The second kappa shape index (κ2) is 5.49. The average molecular weight is 262 g/mol. The summed E-state index contributed by atoms with van der Waals surface area (Å²) in [6, 6.07) is 17.4. The standard InChI is InChI=1S/C14H15O3P/c1-17-18(15,16)11-13-9-5-6-10-14(13)12-7-3-2-4-8-12/h2-10H,11H2,1H3,(H,15,16). The van der Waals surface area contributed by atoms with Gasteiger partial charge in [-0.3, -0.25) is 4.57 Å². The van der Waals surface area contributed by atoms with E-state index in [0.29, 0.717) is 0 Å². The van der Waals surface area contributed by atoms with Gasteiger partial charge in [0, 0.05) is 7.11 Å². The number of benzene rings is 2. The SMILES string of the molecule is COP(=O)(O)Cc1ccccc1-c1ccccc1. The van der Waals surface area contributed by atoms with Crippen molar-refractivity contribution in [3.63, 3.8) is 0 Å². The molecule has 2 aromatic rings. The summed E-state index contributed by atoms with van der Waals surface area (Å²) in [5.74, 6) is 0. The maximum absolute atomic E-state index is 11.7. The van der Waals surface area contributed by atoms with Crippen LogP contribution in [0.25, 0.3) is 11.1 Å². The zero-order valence-electron chi connectivity index (χ0n) is 10.1. The lowest BCUT2D eigenvalue weighted by Crippen LogP contribution is -1.93. The number of rotatable bonds is 4. The van der Waals surface area contributed by atoms with Crippen molar-refractivity contribution in [1.29, 1.82) is 0 Å². The van der Waals surface area contributed by atoms with E-state index in [1.165, 1.54) is 7.11 Å². The van der Waals surface area contributed by atoms with Gasteiger partial charge in [0.2, 0.25) is 0 Å². The predicted octanol–water partition coefficient (Wildman–Crippen LogP) is 3.69. The molecule has 0 heterocycles. The van der Waals surface area contributed by atoms with E-state index in [4.69, 9.17) is 0 Å². The van der Waals surface area contributed by atoms with E-state index in [9.17, 15) is 9.46 Å². The van der Waals surface area contributed by atoms with Crippen molar-refractivity contribution in [1.82, 2.24) is 0 Å². The molecule has 1 atom stereocenters. The van der Waals surface area contributed by atoms with E-state index in [0.717, 1.165) is 16.7 Å². The van der Waals surface area contributed by atoms with E-state index < -0.39 is 7.60 Å². The van der Waals surface area contributed by atoms with Crippen molar-refractivity contribution >= 4 is 7.60 Å². The molecule has 18 heavy (non-hydrogen) atoms. The summed E-state index contributed by atoms with van der Waals surface area (Å²) in [6.07, 6.45) is 0.0224. The van der Waals surface area contributed by atoms with Crippen LogP contribution in [0.1, 0.15) is 5.56 Å². The van der Waals surface area contributed by atoms with Crippen LogP contribution in [-0.2, 0) is 15.3 Å². The molecule has 0 aromatic heterocycles. The monoisotopic (exact) mass is 262 g/mol. The maximum Gasteiger partial charge on any atom is 0.332 e. The normalized spacial score (nSPS) is 14.1. The van der Waals surface area contributed by atoms with Crippen LogP contribution in [-0.4, -0.2) is 12.0 Å². The Kier molecular flexibility index (Phi) is 3.97. The van der Waals surface area contributed by atoms with E-state index in [1.54, 1.807) is 0 Å². The van der Waals surface area contributed by atoms with E-state index in [1.807, 2.05) is 54.6 Å². The van der Waals surface area contributed by atoms with Gasteiger partial charge in [0.1, 0.15) is 0 Å². The van der Waals surface area contributed by atoms with Crippen LogP contribution < -0.4 is 0 Å². The fraction of sp³-hybridized carbons (Fsp3) is 0.143. The molecular weight excluding hydrogens is 247 g/mol. The molecular formula is C14H15O3P. The second-order valence-corrected chi connectivity index (χ2v) is 5.96. The highest BCUT2D eigenvalue weighted by atomic mass is 31.2. The Labute approximate surface area is 107 Å². The molecule has 0 spiro atoms. The summed E-state index contributed by atoms with van der Waals surface area (Å²) in [4.78, 5) is 9.58. The first-order valence-electron chi connectivity index (χ1n) is 5.63. The summed E-state index contributed by atoms with van der Waals surface area (Å²) in [5, 5.41) is 0. The molecule has 2 aromatic carbocycles. The first-order valence-corrected chi connectivity index (χ1v) is 7.39. The highest BCUT2D eigenvalue weighted by Crippen LogP contribution is 2.46. The lowest BCUT2D eigenvalue weighted by Gasteiger charge is -2.13. The zero-order valence-corrected chi connectivity index (χ0v) is 11.0. The number of hydrogen-bond donors (Lipinski definition) is 1. The van der Waals surface area contributed by atoms with Crippen molar-refractivity contribution < 1.29 is 14.0 Å². The molecule has 1 N–H and O–H groups in total. The van der Waals surface area contributed by atoms with E-state index in [2.05, 4.69) is 4.52 Å². The van der Waals surface area contributed by atoms with E-state index in [-0.39, 0.29) is 6.16 Å². The summed E-state index contributed by atoms with van der Waals surface area (Å²) in [7, 11) is -2.29. The molecule has 2 rings (SSSR count). The van der Waals surface area contributed by atoms with Gasteiger partial charge in [-0.15, -0.1) is 0 Å². The van der Waals surface area contributed by atoms with Gasteiger partial charge in [0.25, 0.3) is 0 Å². The minimum Gasteiger partial charge on any atom is -0.324 e. The van der Waals surface area contributed by atoms with Crippen LogP contribution in [0.4, 0.5) is 0 Å². The fourth-order valence-electron chi connectivity index (χ4n) is 1.84. The molecule has 0 radical (unpaired) electrons. The molecule has 3 nitrogen and oxygen atoms in total. The lowest BCUT2D eigenvalue weighted by molar-refractivity contribution is 0.314. The van der Waals surface area contributed by atoms with Crippen LogP contribution in [0.15, 0.2) is 54.6 Å². The van der Waals surface area contributed by atoms with E-state index >= 15 is 0 Å². The van der Waals surface area contributed by atoms with Crippen molar-refractivity contribution in [2.24, 2.45) is 0 Å². The molecule has 0 aliphatic rings. The maximum atomic E-state index is 11.7. The Balaban J connectivity index is 2.41. The van der Waals surface area contributed by atoms with Gasteiger partial charge in [-0.2, -0.15) is 0 Å². The molecule has 0 aliphatic carbocycles. The van der Waals surface area contributed by atoms with Gasteiger partial charge in [0.05, 0.1) is 6.16 Å². The Morgan fingerprint density at radius 3 is 2.33 bits per heavy atom. The molecule has 0 aliphatic heterocycles. The summed E-state index contributed by atoms with van der Waals surface area (Å²) >= 11 is 0. The Bertz CT molecular complexity index is 566. The Hall–Kier alpha value is -1.41. The van der Waals surface area contributed by atoms with Gasteiger partial charge >= 0.3 is 7.60 Å². The number of hydrogen-bond acceptors (Lipinski definition) is 2. The highest BCUT2D eigenvalue weighted by Gasteiger charge is 2.19. The van der Waals surface area contributed by atoms with Crippen molar-refractivity contribution in [3.8, 4) is 11.1 Å². The predicted molar refractivity (Wildman–Crippen MR) is 72.4 cm³/mol. The molecule has 0 saturated carbocycles. The first kappa shape index (κ1) is 13.0. The molecule has 1 unspecified atom stereocenters. The van der Waals surface area contributed by atoms with Gasteiger partial charge in [-0.1, -0.05) is 54.6 Å². The zero-order chi connectivity index (χ0) is 13.0. The molecule has 0 saturated heterocycles. The third-order valence-electron chi connectivity index (χ3n) is 2.76. The van der Waals surface area contributed by atoms with Crippen LogP contribution in [0.3, 0.4) is 0 Å². The topological polar surface area (TPSA) is 46.5 Å². The van der Waals surface area contributed by atoms with Gasteiger partial charge < -0.3 is 9.42 Å². The minimum atomic E-state index is -3.54. The van der Waals surface area contributed by atoms with Gasteiger partial charge in [-0.25, -0.2) is 0 Å².